The molecule has 38 heavy (non-hydrogen) atoms. The summed E-state index contributed by atoms with van der Waals surface area (Å²) >= 11 is 2.77. The normalized spacial score (nSPS) is 11.0. The number of hydrogen-bond acceptors (Lipinski definition) is 8. The molecule has 9 heteroatoms. The Labute approximate surface area is 228 Å². The van der Waals surface area contributed by atoms with Crippen LogP contribution in [0.2, 0.25) is 0 Å². The zero-order valence-corrected chi connectivity index (χ0v) is 22.8. The molecule has 0 bridgehead atoms. The highest BCUT2D eigenvalue weighted by atomic mass is 32.1. The van der Waals surface area contributed by atoms with Crippen LogP contribution in [0.5, 0.6) is 11.5 Å². The molecule has 0 atom stereocenters. The molecule has 0 aliphatic heterocycles. The molecule has 2 heterocycles. The number of thiophene rings is 2. The number of methoxy groups -OCH3 is 2. The van der Waals surface area contributed by atoms with E-state index in [1.807, 2.05) is 36.4 Å². The van der Waals surface area contributed by atoms with Gasteiger partial charge in [-0.1, -0.05) is 0 Å². The van der Waals surface area contributed by atoms with Gasteiger partial charge in [-0.2, -0.15) is 5.26 Å². The van der Waals surface area contributed by atoms with Crippen LogP contribution < -0.4 is 9.47 Å². The van der Waals surface area contributed by atoms with Crippen LogP contribution in [0.3, 0.4) is 0 Å². The van der Waals surface area contributed by atoms with Crippen LogP contribution in [0.25, 0.3) is 20.2 Å². The van der Waals surface area contributed by atoms with E-state index in [1.54, 1.807) is 14.2 Å². The van der Waals surface area contributed by atoms with Gasteiger partial charge >= 0.3 is 5.97 Å². The van der Waals surface area contributed by atoms with Gasteiger partial charge in [-0.15, -0.1) is 22.7 Å². The van der Waals surface area contributed by atoms with Crippen LogP contribution in [0.1, 0.15) is 62.6 Å². The molecule has 0 fully saturated rings. The Balaban J connectivity index is 1.50. The molecule has 2 aromatic carbocycles. The number of Topliss-reactive ketones (excluding diaryl/α,β-unsaturated/α-hetero) is 2. The summed E-state index contributed by atoms with van der Waals surface area (Å²) in [5.41, 5.74) is 2.08. The lowest BCUT2D eigenvalue weighted by Crippen LogP contribution is -2.01. The van der Waals surface area contributed by atoms with E-state index in [1.165, 1.54) is 22.7 Å². The molecule has 2 aromatic heterocycles. The maximum absolute atomic E-state index is 12.4. The van der Waals surface area contributed by atoms with Crippen molar-refractivity contribution < 1.29 is 29.0 Å². The summed E-state index contributed by atoms with van der Waals surface area (Å²) < 4.78 is 13.2. The fourth-order valence-corrected chi connectivity index (χ4v) is 6.46. The van der Waals surface area contributed by atoms with Crippen LogP contribution in [0.15, 0.2) is 36.4 Å². The second-order valence-electron chi connectivity index (χ2n) is 8.88. The van der Waals surface area contributed by atoms with Crippen LogP contribution in [0.4, 0.5) is 0 Å². The Morgan fingerprint density at radius 2 is 1.29 bits per heavy atom. The first-order valence-electron chi connectivity index (χ1n) is 12.2. The number of ether oxygens (including phenoxy) is 2. The summed E-state index contributed by atoms with van der Waals surface area (Å²) in [4.78, 5) is 36.8. The van der Waals surface area contributed by atoms with Crippen molar-refractivity contribution in [3.8, 4) is 17.6 Å². The zero-order chi connectivity index (χ0) is 27.2. The van der Waals surface area contributed by atoms with E-state index in [9.17, 15) is 14.4 Å². The lowest BCUT2D eigenvalue weighted by molar-refractivity contribution is -0.136. The average Bonchev–Trinajstić information content (AvgIpc) is 3.52. The Morgan fingerprint density at radius 3 is 1.74 bits per heavy atom. The maximum atomic E-state index is 12.4. The smallest absolute Gasteiger partial charge is 0.303 e. The number of aryl methyl sites for hydroxylation is 2. The van der Waals surface area contributed by atoms with Gasteiger partial charge in [0.05, 0.1) is 36.5 Å². The van der Waals surface area contributed by atoms with E-state index < -0.39 is 5.97 Å². The number of carbonyl (C=O) groups excluding carboxylic acids is 2. The first-order chi connectivity index (χ1) is 18.3. The maximum Gasteiger partial charge on any atom is 0.303 e. The molecule has 196 valence electrons. The van der Waals surface area contributed by atoms with E-state index in [0.717, 1.165) is 62.1 Å². The van der Waals surface area contributed by atoms with Gasteiger partial charge in [0.2, 0.25) is 0 Å². The molecule has 4 rings (SSSR count). The van der Waals surface area contributed by atoms with Crippen molar-refractivity contribution in [1.29, 1.82) is 5.26 Å². The summed E-state index contributed by atoms with van der Waals surface area (Å²) in [7, 11) is 3.26. The van der Waals surface area contributed by atoms with E-state index in [2.05, 4.69) is 6.07 Å². The monoisotopic (exact) mass is 549 g/mol. The Hall–Kier alpha value is -3.74. The lowest BCUT2D eigenvalue weighted by Gasteiger charge is -2.11. The third-order valence-electron chi connectivity index (χ3n) is 6.31. The highest BCUT2D eigenvalue weighted by Crippen LogP contribution is 2.36. The van der Waals surface area contributed by atoms with Crippen molar-refractivity contribution in [3.63, 3.8) is 0 Å². The molecule has 0 aliphatic carbocycles. The Kier molecular flexibility index (Phi) is 8.77. The number of carbonyl (C=O) groups is 3. The van der Waals surface area contributed by atoms with Crippen molar-refractivity contribution in [2.45, 2.75) is 44.9 Å². The molecule has 0 amide bonds. The van der Waals surface area contributed by atoms with Gasteiger partial charge in [0.15, 0.2) is 11.6 Å². The molecule has 0 unspecified atom stereocenters. The predicted molar refractivity (Wildman–Crippen MR) is 149 cm³/mol. The van der Waals surface area contributed by atoms with Gasteiger partial charge in [-0.3, -0.25) is 14.4 Å². The van der Waals surface area contributed by atoms with Crippen molar-refractivity contribution >= 4 is 60.4 Å². The minimum Gasteiger partial charge on any atom is -0.496 e. The predicted octanol–water partition coefficient (Wildman–Crippen LogP) is 6.84. The van der Waals surface area contributed by atoms with Crippen LogP contribution >= 0.6 is 22.7 Å². The number of carboxylic acids is 1. The van der Waals surface area contributed by atoms with Gasteiger partial charge in [-0.25, -0.2) is 0 Å². The molecular weight excluding hydrogens is 522 g/mol. The second kappa shape index (κ2) is 12.2. The number of hydrogen-bond donors (Lipinski definition) is 1. The first-order valence-corrected chi connectivity index (χ1v) is 13.8. The molecule has 1 N–H and O–H groups in total. The largest absolute Gasteiger partial charge is 0.496 e. The molecule has 0 spiro atoms. The molecule has 0 saturated heterocycles. The molecule has 7 nitrogen and oxygen atoms in total. The molecule has 4 aromatic rings. The summed E-state index contributed by atoms with van der Waals surface area (Å²) in [6.45, 7) is 0. The SMILES string of the molecule is COc1cc2sc(C(=O)CCC#N)cc2cc1CCCc1cc2cc(C(=O)CCC(=O)O)sc2cc1OC. The van der Waals surface area contributed by atoms with E-state index in [0.29, 0.717) is 9.75 Å². The number of benzene rings is 2. The first kappa shape index (κ1) is 27.3. The van der Waals surface area contributed by atoms with Gasteiger partial charge < -0.3 is 14.6 Å². The quantitative estimate of drug-likeness (QED) is 0.182. The third kappa shape index (κ3) is 6.21. The zero-order valence-electron chi connectivity index (χ0n) is 21.2. The van der Waals surface area contributed by atoms with Crippen molar-refractivity contribution in [2.75, 3.05) is 14.2 Å². The van der Waals surface area contributed by atoms with Crippen molar-refractivity contribution in [2.24, 2.45) is 0 Å². The van der Waals surface area contributed by atoms with Crippen molar-refractivity contribution in [3.05, 3.63) is 57.3 Å². The van der Waals surface area contributed by atoms with Gasteiger partial charge in [0, 0.05) is 28.7 Å². The molecule has 0 radical (unpaired) electrons. The highest BCUT2D eigenvalue weighted by molar-refractivity contribution is 7.21. The van der Waals surface area contributed by atoms with Crippen LogP contribution in [0, 0.1) is 11.3 Å². The number of ketones is 2. The fraction of sp³-hybridized carbons (Fsp3) is 0.310. The number of aliphatic carboxylic acids is 1. The van der Waals surface area contributed by atoms with E-state index in [-0.39, 0.29) is 37.2 Å². The molecule has 0 saturated carbocycles. The number of carboxylic acid groups (broad SMARTS) is 1. The summed E-state index contributed by atoms with van der Waals surface area (Å²) in [6, 6.07) is 13.8. The standard InChI is InChI=1S/C29H27NO6S2/c1-35-23-15-25-19(13-27(37-25)21(31)7-4-10-30)11-17(23)5-3-6-18-12-20-14-28(22(32)8-9-29(33)34)38-26(20)16-24(18)36-2/h11-16H,3-9H2,1-2H3,(H,33,34). The summed E-state index contributed by atoms with van der Waals surface area (Å²) in [5.74, 6) is 0.364. The highest BCUT2D eigenvalue weighted by Gasteiger charge is 2.16. The number of rotatable bonds is 13. The lowest BCUT2D eigenvalue weighted by atomic mass is 10.0. The van der Waals surface area contributed by atoms with Crippen LogP contribution in [-0.2, 0) is 17.6 Å². The fourth-order valence-electron chi connectivity index (χ4n) is 4.38. The number of nitrogens with zero attached hydrogens (tertiary/aromatic N) is 1. The second-order valence-corrected chi connectivity index (χ2v) is 11.0. The van der Waals surface area contributed by atoms with Gasteiger partial charge in [0.1, 0.15) is 11.5 Å². The van der Waals surface area contributed by atoms with Crippen LogP contribution in [-0.4, -0.2) is 36.9 Å². The van der Waals surface area contributed by atoms with Gasteiger partial charge in [-0.05, 0) is 77.6 Å². The number of fused-ring (bicyclic) bond motifs is 2. The minimum atomic E-state index is -0.984. The van der Waals surface area contributed by atoms with Crippen molar-refractivity contribution in [1.82, 2.24) is 0 Å². The molecule has 0 aliphatic rings. The minimum absolute atomic E-state index is 0.0159. The Morgan fingerprint density at radius 1 is 0.789 bits per heavy atom. The number of nitriles is 1. The third-order valence-corrected chi connectivity index (χ3v) is 8.59. The topological polar surface area (TPSA) is 114 Å². The summed E-state index contributed by atoms with van der Waals surface area (Å²) in [6.07, 6.45) is 2.58. The average molecular weight is 550 g/mol. The van der Waals surface area contributed by atoms with E-state index >= 15 is 0 Å². The van der Waals surface area contributed by atoms with E-state index in [4.69, 9.17) is 19.8 Å². The summed E-state index contributed by atoms with van der Waals surface area (Å²) in [5, 5.41) is 19.6. The molecular formula is C29H27NO6S2. The van der Waals surface area contributed by atoms with Gasteiger partial charge in [0.25, 0.3) is 0 Å². The Bertz CT molecular complexity index is 1560.